The minimum Gasteiger partial charge on any atom is -0.390 e. The van der Waals surface area contributed by atoms with Crippen molar-refractivity contribution in [2.75, 3.05) is 11.9 Å². The van der Waals surface area contributed by atoms with Gasteiger partial charge in [-0.2, -0.15) is 0 Å². The third-order valence-electron chi connectivity index (χ3n) is 7.07. The Hall–Kier alpha value is -1.92. The molecule has 1 aromatic carbocycles. The molecule has 1 heterocycles. The Morgan fingerprint density at radius 1 is 1.21 bits per heavy atom. The zero-order valence-electron chi connectivity index (χ0n) is 16.9. The van der Waals surface area contributed by atoms with E-state index in [1.54, 1.807) is 0 Å². The molecule has 0 radical (unpaired) electrons. The number of nitrogens with one attached hydrogen (secondary N) is 2. The number of aromatic nitrogens is 1. The second-order valence-electron chi connectivity index (χ2n) is 9.29. The van der Waals surface area contributed by atoms with Crippen molar-refractivity contribution in [3.8, 4) is 0 Å². The fourth-order valence-electron chi connectivity index (χ4n) is 6.08. The van der Waals surface area contributed by atoms with E-state index in [9.17, 15) is 9.90 Å². The Morgan fingerprint density at radius 3 is 2.62 bits per heavy atom. The van der Waals surface area contributed by atoms with Crippen LogP contribution >= 0.6 is 11.3 Å². The Kier molecular flexibility index (Phi) is 4.87. The second-order valence-corrected chi connectivity index (χ2v) is 10.3. The van der Waals surface area contributed by atoms with Gasteiger partial charge < -0.3 is 15.7 Å². The molecule has 2 atom stereocenters. The first kappa shape index (κ1) is 19.1. The lowest BCUT2D eigenvalue weighted by molar-refractivity contribution is -0.136. The van der Waals surface area contributed by atoms with Crippen LogP contribution in [0.3, 0.4) is 0 Å². The van der Waals surface area contributed by atoms with Gasteiger partial charge in [0.15, 0.2) is 5.13 Å². The molecule has 4 bridgehead atoms. The molecule has 4 aliphatic rings. The molecule has 29 heavy (non-hydrogen) atoms. The van der Waals surface area contributed by atoms with Crippen molar-refractivity contribution in [1.29, 1.82) is 0 Å². The number of nitrogens with zero attached hydrogens (tertiary/aromatic N) is 1. The van der Waals surface area contributed by atoms with Crippen molar-refractivity contribution in [3.05, 3.63) is 46.5 Å². The Balaban J connectivity index is 1.21. The molecule has 154 valence electrons. The molecule has 5 nitrogen and oxygen atoms in total. The van der Waals surface area contributed by atoms with Gasteiger partial charge in [-0.3, -0.25) is 4.79 Å². The molecule has 4 saturated carbocycles. The van der Waals surface area contributed by atoms with Gasteiger partial charge >= 0.3 is 0 Å². The van der Waals surface area contributed by atoms with Gasteiger partial charge in [-0.15, -0.1) is 0 Å². The molecular weight excluding hydrogens is 382 g/mol. The summed E-state index contributed by atoms with van der Waals surface area (Å²) in [6.07, 6.45) is 5.89. The lowest BCUT2D eigenvalue weighted by Gasteiger charge is -2.58. The van der Waals surface area contributed by atoms with Crippen LogP contribution in [-0.4, -0.2) is 34.2 Å². The first-order chi connectivity index (χ1) is 14.0. The molecule has 0 aliphatic heterocycles. The van der Waals surface area contributed by atoms with Crippen molar-refractivity contribution in [3.63, 3.8) is 0 Å². The van der Waals surface area contributed by atoms with E-state index < -0.39 is 5.60 Å². The molecule has 6 heteroatoms. The summed E-state index contributed by atoms with van der Waals surface area (Å²) >= 11 is 1.44. The largest absolute Gasteiger partial charge is 0.390 e. The fraction of sp³-hybridized carbons (Fsp3) is 0.565. The van der Waals surface area contributed by atoms with Crippen LogP contribution in [0.5, 0.6) is 0 Å². The maximum Gasteiger partial charge on any atom is 0.263 e. The van der Waals surface area contributed by atoms with Crippen molar-refractivity contribution >= 4 is 22.4 Å². The third kappa shape index (κ3) is 3.80. The molecule has 0 spiro atoms. The number of amides is 1. The predicted octanol–water partition coefficient (Wildman–Crippen LogP) is 3.78. The van der Waals surface area contributed by atoms with Crippen molar-refractivity contribution in [2.24, 2.45) is 17.8 Å². The number of benzene rings is 1. The molecule has 6 rings (SSSR count). The monoisotopic (exact) mass is 411 g/mol. The summed E-state index contributed by atoms with van der Waals surface area (Å²) in [5, 5.41) is 18.3. The SMILES string of the molecule is Cc1nc(NCCc2ccccc2)sc1C(=O)NC1C2CC3CC1CC(O)(C3)C2. The highest BCUT2D eigenvalue weighted by Gasteiger charge is 2.55. The molecule has 0 saturated heterocycles. The highest BCUT2D eigenvalue weighted by atomic mass is 32.1. The van der Waals surface area contributed by atoms with E-state index in [1.807, 2.05) is 25.1 Å². The summed E-state index contributed by atoms with van der Waals surface area (Å²) in [5.74, 6) is 1.50. The molecular formula is C23H29N3O2S. The van der Waals surface area contributed by atoms with Gasteiger partial charge in [0, 0.05) is 12.6 Å². The number of aryl methyl sites for hydroxylation is 1. The first-order valence-electron chi connectivity index (χ1n) is 10.8. The summed E-state index contributed by atoms with van der Waals surface area (Å²) in [6.45, 7) is 2.71. The summed E-state index contributed by atoms with van der Waals surface area (Å²) in [6, 6.07) is 10.6. The summed E-state index contributed by atoms with van der Waals surface area (Å²) < 4.78 is 0. The van der Waals surface area contributed by atoms with E-state index in [-0.39, 0.29) is 11.9 Å². The van der Waals surface area contributed by atoms with Crippen LogP contribution in [0.25, 0.3) is 0 Å². The zero-order chi connectivity index (χ0) is 20.0. The molecule has 4 aliphatic carbocycles. The topological polar surface area (TPSA) is 74.2 Å². The van der Waals surface area contributed by atoms with Crippen LogP contribution in [0.2, 0.25) is 0 Å². The van der Waals surface area contributed by atoms with Crippen LogP contribution in [0.1, 0.15) is 53.0 Å². The molecule has 2 unspecified atom stereocenters. The second kappa shape index (κ2) is 7.40. The maximum absolute atomic E-state index is 13.0. The summed E-state index contributed by atoms with van der Waals surface area (Å²) in [4.78, 5) is 18.3. The number of hydrogen-bond donors (Lipinski definition) is 3. The highest BCUT2D eigenvalue weighted by Crippen LogP contribution is 2.55. The van der Waals surface area contributed by atoms with Gasteiger partial charge in [0.25, 0.3) is 5.91 Å². The number of carbonyl (C=O) groups is 1. The minimum absolute atomic E-state index is 0.000530. The van der Waals surface area contributed by atoms with Crippen molar-refractivity contribution in [1.82, 2.24) is 10.3 Å². The lowest BCUT2D eigenvalue weighted by atomic mass is 9.52. The molecule has 4 fully saturated rings. The van der Waals surface area contributed by atoms with E-state index in [0.29, 0.717) is 22.6 Å². The van der Waals surface area contributed by atoms with Gasteiger partial charge in [0.1, 0.15) is 4.88 Å². The van der Waals surface area contributed by atoms with Crippen LogP contribution < -0.4 is 10.6 Å². The molecule has 1 amide bonds. The van der Waals surface area contributed by atoms with Crippen LogP contribution in [0, 0.1) is 24.7 Å². The van der Waals surface area contributed by atoms with Crippen LogP contribution in [-0.2, 0) is 6.42 Å². The number of thiazole rings is 1. The quantitative estimate of drug-likeness (QED) is 0.676. The minimum atomic E-state index is -0.464. The number of rotatable bonds is 6. The molecule has 1 aromatic heterocycles. The summed E-state index contributed by atoms with van der Waals surface area (Å²) in [7, 11) is 0. The molecule has 2 aromatic rings. The van der Waals surface area contributed by atoms with Gasteiger partial charge in [-0.05, 0) is 68.8 Å². The standard InChI is InChI=1S/C23H29N3O2S/c1-14-20(29-22(25-14)24-8-7-15-5-3-2-4-6-15)21(27)26-19-17-9-16-10-18(19)13-23(28,11-16)12-17/h2-6,16-19,28H,7-13H2,1H3,(H,24,25)(H,26,27). The van der Waals surface area contributed by atoms with Crippen molar-refractivity contribution in [2.45, 2.75) is 57.1 Å². The predicted molar refractivity (Wildman–Crippen MR) is 115 cm³/mol. The highest BCUT2D eigenvalue weighted by molar-refractivity contribution is 7.17. The first-order valence-corrected chi connectivity index (χ1v) is 11.6. The average Bonchev–Trinajstić information content (AvgIpc) is 3.05. The normalized spacial score (nSPS) is 32.3. The van der Waals surface area contributed by atoms with Crippen molar-refractivity contribution < 1.29 is 9.90 Å². The van der Waals surface area contributed by atoms with Crippen LogP contribution in [0.4, 0.5) is 5.13 Å². The van der Waals surface area contributed by atoms with Gasteiger partial charge in [-0.25, -0.2) is 4.98 Å². The van der Waals surface area contributed by atoms with Crippen LogP contribution in [0.15, 0.2) is 30.3 Å². The Labute approximate surface area is 175 Å². The number of aliphatic hydroxyl groups is 1. The van der Waals surface area contributed by atoms with Gasteiger partial charge in [-0.1, -0.05) is 41.7 Å². The average molecular weight is 412 g/mol. The third-order valence-corrected chi connectivity index (χ3v) is 8.19. The maximum atomic E-state index is 13.0. The molecule has 3 N–H and O–H groups in total. The van der Waals surface area contributed by atoms with Gasteiger partial charge in [0.2, 0.25) is 0 Å². The van der Waals surface area contributed by atoms with E-state index in [2.05, 4.69) is 27.8 Å². The number of carbonyl (C=O) groups excluding carboxylic acids is 1. The fourth-order valence-corrected chi connectivity index (χ4v) is 6.97. The van der Waals surface area contributed by atoms with E-state index in [4.69, 9.17) is 0 Å². The van der Waals surface area contributed by atoms with E-state index >= 15 is 0 Å². The zero-order valence-corrected chi connectivity index (χ0v) is 17.7. The Bertz CT molecular complexity index is 881. The van der Waals surface area contributed by atoms with Gasteiger partial charge in [0.05, 0.1) is 11.3 Å². The number of hydrogen-bond acceptors (Lipinski definition) is 5. The van der Waals surface area contributed by atoms with E-state index in [1.165, 1.54) is 16.9 Å². The Morgan fingerprint density at radius 2 is 1.93 bits per heavy atom. The lowest BCUT2D eigenvalue weighted by Crippen LogP contribution is -2.61. The van der Waals surface area contributed by atoms with E-state index in [0.717, 1.165) is 55.9 Å². The smallest absolute Gasteiger partial charge is 0.263 e. The number of anilines is 1. The summed E-state index contributed by atoms with van der Waals surface area (Å²) in [5.41, 5.74) is 1.61.